The van der Waals surface area contributed by atoms with Gasteiger partial charge in [-0.05, 0) is 55.6 Å². The first-order valence-electron chi connectivity index (χ1n) is 13.8. The summed E-state index contributed by atoms with van der Waals surface area (Å²) in [4.78, 5) is 21.2. The summed E-state index contributed by atoms with van der Waals surface area (Å²) in [6.45, 7) is 5.02. The average molecular weight is 527 g/mol. The molecular weight excluding hydrogens is 496 g/mol. The van der Waals surface area contributed by atoms with Crippen LogP contribution in [0.15, 0.2) is 91.6 Å². The molecule has 0 atom stereocenters. The number of hydrogen-bond donors (Lipinski definition) is 1. The minimum absolute atomic E-state index is 0.394. The number of aromatic amines is 1. The highest BCUT2D eigenvalue weighted by atomic mass is 15.2. The van der Waals surface area contributed by atoms with Crippen LogP contribution in [0.4, 0.5) is 0 Å². The number of benzene rings is 2. The topological polar surface area (TPSA) is 87.9 Å². The maximum Gasteiger partial charge on any atom is 0.199 e. The molecule has 198 valence electrons. The number of likely N-dealkylation sites (tertiary alicyclic amines) is 1. The van der Waals surface area contributed by atoms with Gasteiger partial charge in [0.1, 0.15) is 23.5 Å². The molecule has 1 aliphatic rings. The van der Waals surface area contributed by atoms with E-state index in [9.17, 15) is 0 Å². The Hall–Kier alpha value is -4.69. The minimum Gasteiger partial charge on any atom is -0.299 e. The lowest BCUT2D eigenvalue weighted by molar-refractivity contribution is 0.202. The highest BCUT2D eigenvalue weighted by Crippen LogP contribution is 2.34. The highest BCUT2D eigenvalue weighted by molar-refractivity contribution is 5.89. The number of nitrogens with zero attached hydrogens (tertiary/aromatic N) is 7. The summed E-state index contributed by atoms with van der Waals surface area (Å²) in [6, 6.07) is 23.2. The van der Waals surface area contributed by atoms with Crippen molar-refractivity contribution in [2.45, 2.75) is 32.2 Å². The van der Waals surface area contributed by atoms with E-state index in [-0.39, 0.29) is 0 Å². The third-order valence-electron chi connectivity index (χ3n) is 7.75. The van der Waals surface area contributed by atoms with Gasteiger partial charge in [0.15, 0.2) is 5.82 Å². The van der Waals surface area contributed by atoms with Crippen LogP contribution in [0.2, 0.25) is 0 Å². The van der Waals surface area contributed by atoms with Crippen molar-refractivity contribution in [2.75, 3.05) is 13.1 Å². The Labute approximate surface area is 232 Å². The molecule has 8 heteroatoms. The van der Waals surface area contributed by atoms with Gasteiger partial charge in [0.2, 0.25) is 0 Å². The number of imidazole rings is 1. The van der Waals surface area contributed by atoms with E-state index in [1.807, 2.05) is 54.4 Å². The molecule has 0 bridgehead atoms. The molecule has 1 N–H and O–H groups in total. The van der Waals surface area contributed by atoms with Gasteiger partial charge in [0.25, 0.3) is 0 Å². The Morgan fingerprint density at radius 2 is 1.70 bits per heavy atom. The Bertz CT molecular complexity index is 1730. The van der Waals surface area contributed by atoms with Gasteiger partial charge in [-0.1, -0.05) is 60.7 Å². The van der Waals surface area contributed by atoms with Crippen LogP contribution in [0.25, 0.3) is 39.5 Å². The first-order chi connectivity index (χ1) is 19.7. The minimum atomic E-state index is 0.394. The van der Waals surface area contributed by atoms with E-state index in [1.165, 1.54) is 5.56 Å². The fourth-order valence-electron chi connectivity index (χ4n) is 5.54. The van der Waals surface area contributed by atoms with Gasteiger partial charge in [0.05, 0.1) is 11.3 Å². The monoisotopic (exact) mass is 526 g/mol. The third-order valence-corrected chi connectivity index (χ3v) is 7.75. The predicted molar refractivity (Wildman–Crippen MR) is 155 cm³/mol. The molecule has 2 aromatic carbocycles. The summed E-state index contributed by atoms with van der Waals surface area (Å²) in [7, 11) is 0. The first kappa shape index (κ1) is 24.4. The lowest BCUT2D eigenvalue weighted by Crippen LogP contribution is -2.32. The van der Waals surface area contributed by atoms with Crippen molar-refractivity contribution in [2.24, 2.45) is 0 Å². The molecule has 1 aliphatic heterocycles. The fraction of sp³-hybridized carbons (Fsp3) is 0.219. The standard InChI is InChI=1S/C32H30N8/c1-22-7-12-27(34-19-22)31-36-30(37-38-31)26-13-16-39(17-14-26)20-23-8-10-25(11-9-23)29-28(24-5-3-2-4-6-24)32-33-15-18-40(32)21-35-29/h2-12,15,18-19,21,26H,13-14,16-17,20H2,1H3,(H,36,37,38). The SMILES string of the molecule is Cc1ccc(-c2n[nH]c(C3CCN(Cc4ccc(-c5ncn6ccnc6c5-c5ccccc5)cc4)CC3)n2)nc1. The molecule has 40 heavy (non-hydrogen) atoms. The van der Waals surface area contributed by atoms with Gasteiger partial charge in [-0.2, -0.15) is 5.10 Å². The Balaban J connectivity index is 1.03. The molecule has 7 rings (SSSR count). The number of aryl methyl sites for hydroxylation is 1. The number of fused-ring (bicyclic) bond motifs is 1. The van der Waals surface area contributed by atoms with Crippen LogP contribution in [0.3, 0.4) is 0 Å². The molecule has 1 saturated heterocycles. The molecule has 0 unspecified atom stereocenters. The normalized spacial score (nSPS) is 14.6. The number of hydrogen-bond acceptors (Lipinski definition) is 6. The van der Waals surface area contributed by atoms with Crippen molar-refractivity contribution in [3.63, 3.8) is 0 Å². The number of pyridine rings is 1. The van der Waals surface area contributed by atoms with Crippen molar-refractivity contribution in [1.82, 2.24) is 39.4 Å². The van der Waals surface area contributed by atoms with Crippen molar-refractivity contribution >= 4 is 5.65 Å². The zero-order valence-electron chi connectivity index (χ0n) is 22.4. The second kappa shape index (κ2) is 10.5. The fourth-order valence-corrected chi connectivity index (χ4v) is 5.54. The van der Waals surface area contributed by atoms with Crippen molar-refractivity contribution in [1.29, 1.82) is 0 Å². The van der Waals surface area contributed by atoms with Gasteiger partial charge < -0.3 is 0 Å². The Kier molecular flexibility index (Phi) is 6.37. The van der Waals surface area contributed by atoms with Gasteiger partial charge in [-0.3, -0.25) is 19.4 Å². The number of nitrogens with one attached hydrogen (secondary N) is 1. The molecule has 0 saturated carbocycles. The summed E-state index contributed by atoms with van der Waals surface area (Å²) in [5.74, 6) is 2.04. The van der Waals surface area contributed by atoms with Crippen LogP contribution in [-0.2, 0) is 6.54 Å². The molecule has 6 aromatic rings. The second-order valence-electron chi connectivity index (χ2n) is 10.5. The number of piperidine rings is 1. The number of rotatable bonds is 6. The van der Waals surface area contributed by atoms with E-state index in [0.29, 0.717) is 11.7 Å². The van der Waals surface area contributed by atoms with Crippen LogP contribution < -0.4 is 0 Å². The van der Waals surface area contributed by atoms with Crippen LogP contribution in [0.1, 0.15) is 35.7 Å². The Morgan fingerprint density at radius 1 is 0.875 bits per heavy atom. The van der Waals surface area contributed by atoms with E-state index >= 15 is 0 Å². The summed E-state index contributed by atoms with van der Waals surface area (Å²) in [5.41, 5.74) is 8.37. The smallest absolute Gasteiger partial charge is 0.199 e. The van der Waals surface area contributed by atoms with E-state index in [2.05, 4.69) is 73.6 Å². The van der Waals surface area contributed by atoms with E-state index in [4.69, 9.17) is 9.97 Å². The van der Waals surface area contributed by atoms with Crippen LogP contribution in [0.5, 0.6) is 0 Å². The van der Waals surface area contributed by atoms with Crippen LogP contribution in [-0.4, -0.2) is 52.5 Å². The maximum absolute atomic E-state index is 4.83. The van der Waals surface area contributed by atoms with Gasteiger partial charge >= 0.3 is 0 Å². The summed E-state index contributed by atoms with van der Waals surface area (Å²) < 4.78 is 1.98. The number of aromatic nitrogens is 7. The predicted octanol–water partition coefficient (Wildman–Crippen LogP) is 5.93. The van der Waals surface area contributed by atoms with E-state index < -0.39 is 0 Å². The third kappa shape index (κ3) is 4.78. The van der Waals surface area contributed by atoms with Crippen LogP contribution >= 0.6 is 0 Å². The van der Waals surface area contributed by atoms with Crippen molar-refractivity contribution < 1.29 is 0 Å². The maximum atomic E-state index is 4.83. The zero-order chi connectivity index (χ0) is 26.9. The average Bonchev–Trinajstić information content (AvgIpc) is 3.69. The molecule has 0 amide bonds. The molecule has 0 radical (unpaired) electrons. The molecule has 8 nitrogen and oxygen atoms in total. The number of H-pyrrole nitrogens is 1. The van der Waals surface area contributed by atoms with Gasteiger partial charge in [-0.25, -0.2) is 15.0 Å². The Morgan fingerprint density at radius 3 is 2.48 bits per heavy atom. The molecule has 1 fully saturated rings. The van der Waals surface area contributed by atoms with Crippen molar-refractivity contribution in [3.05, 3.63) is 109 Å². The summed E-state index contributed by atoms with van der Waals surface area (Å²) in [6.07, 6.45) is 9.57. The molecule has 0 spiro atoms. The largest absolute Gasteiger partial charge is 0.299 e. The van der Waals surface area contributed by atoms with E-state index in [1.54, 1.807) is 0 Å². The van der Waals surface area contributed by atoms with E-state index in [0.717, 1.165) is 77.6 Å². The highest BCUT2D eigenvalue weighted by Gasteiger charge is 2.24. The quantitative estimate of drug-likeness (QED) is 0.289. The molecule has 4 aromatic heterocycles. The lowest BCUT2D eigenvalue weighted by Gasteiger charge is -2.31. The molecular formula is C32H30N8. The second-order valence-corrected chi connectivity index (χ2v) is 10.5. The summed E-state index contributed by atoms with van der Waals surface area (Å²) >= 11 is 0. The zero-order valence-corrected chi connectivity index (χ0v) is 22.4. The molecule has 5 heterocycles. The van der Waals surface area contributed by atoms with Crippen molar-refractivity contribution in [3.8, 4) is 33.9 Å². The lowest BCUT2D eigenvalue weighted by atomic mass is 9.95. The van der Waals surface area contributed by atoms with Gasteiger partial charge in [-0.15, -0.1) is 0 Å². The summed E-state index contributed by atoms with van der Waals surface area (Å²) in [5, 5.41) is 7.60. The van der Waals surface area contributed by atoms with Crippen LogP contribution in [0, 0.1) is 6.92 Å². The van der Waals surface area contributed by atoms with Gasteiger partial charge in [0, 0.05) is 36.6 Å². The molecule has 0 aliphatic carbocycles. The first-order valence-corrected chi connectivity index (χ1v) is 13.8.